The molecular formula is C15H13NO3. The van der Waals surface area contributed by atoms with Crippen LogP contribution in [-0.2, 0) is 11.3 Å². The lowest BCUT2D eigenvalue weighted by Crippen LogP contribution is -2.11. The van der Waals surface area contributed by atoms with E-state index < -0.39 is 5.97 Å². The maximum absolute atomic E-state index is 11.8. The van der Waals surface area contributed by atoms with E-state index in [1.807, 2.05) is 12.1 Å². The Morgan fingerprint density at radius 2 is 2.00 bits per heavy atom. The number of benzene rings is 1. The van der Waals surface area contributed by atoms with Crippen molar-refractivity contribution in [3.8, 4) is 0 Å². The summed E-state index contributed by atoms with van der Waals surface area (Å²) >= 11 is 0. The highest BCUT2D eigenvalue weighted by molar-refractivity contribution is 6.02. The second kappa shape index (κ2) is 5.10. The lowest BCUT2D eigenvalue weighted by atomic mass is 9.97. The first-order valence-corrected chi connectivity index (χ1v) is 6.24. The van der Waals surface area contributed by atoms with Gasteiger partial charge in [0.05, 0.1) is 17.5 Å². The number of aryl methyl sites for hydroxylation is 1. The minimum Gasteiger partial charge on any atom is -0.469 e. The Balaban J connectivity index is 1.76. The number of fused-ring (bicyclic) bond motifs is 1. The Labute approximate surface area is 110 Å². The van der Waals surface area contributed by atoms with Crippen LogP contribution in [0.25, 0.3) is 0 Å². The molecule has 19 heavy (non-hydrogen) atoms. The fourth-order valence-electron chi connectivity index (χ4n) is 2.16. The average molecular weight is 255 g/mol. The van der Waals surface area contributed by atoms with Gasteiger partial charge in [0.25, 0.3) is 0 Å². The summed E-state index contributed by atoms with van der Waals surface area (Å²) in [5, 5.41) is 3.98. The first kappa shape index (κ1) is 11.7. The number of hydrogen-bond donors (Lipinski definition) is 0. The topological polar surface area (TPSA) is 51.8 Å². The second-order valence-electron chi connectivity index (χ2n) is 4.39. The summed E-state index contributed by atoms with van der Waals surface area (Å²) in [6, 6.07) is 10.7. The average Bonchev–Trinajstić information content (AvgIpc) is 2.94. The van der Waals surface area contributed by atoms with Crippen LogP contribution in [0.15, 0.2) is 52.2 Å². The fourth-order valence-corrected chi connectivity index (χ4v) is 2.16. The summed E-state index contributed by atoms with van der Waals surface area (Å²) < 4.78 is 5.36. The van der Waals surface area contributed by atoms with E-state index in [1.165, 1.54) is 0 Å². The van der Waals surface area contributed by atoms with Crippen LogP contribution in [0.2, 0.25) is 0 Å². The molecule has 0 saturated carbocycles. The SMILES string of the molecule is O=C(O/N=C1\CCCc2occc21)c1ccccc1. The maximum atomic E-state index is 11.8. The van der Waals surface area contributed by atoms with Gasteiger partial charge in [-0.25, -0.2) is 4.79 Å². The van der Waals surface area contributed by atoms with Crippen LogP contribution in [0, 0.1) is 0 Å². The van der Waals surface area contributed by atoms with Crippen molar-refractivity contribution in [2.75, 3.05) is 0 Å². The molecule has 2 aromatic rings. The summed E-state index contributed by atoms with van der Waals surface area (Å²) in [4.78, 5) is 16.8. The first-order chi connectivity index (χ1) is 9.34. The molecule has 0 fully saturated rings. The van der Waals surface area contributed by atoms with Crippen LogP contribution >= 0.6 is 0 Å². The molecule has 1 aliphatic rings. The van der Waals surface area contributed by atoms with E-state index in [4.69, 9.17) is 9.25 Å². The Bertz CT molecular complexity index is 613. The molecule has 0 bridgehead atoms. The third-order valence-corrected chi connectivity index (χ3v) is 3.12. The van der Waals surface area contributed by atoms with Gasteiger partial charge in [-0.1, -0.05) is 23.4 Å². The molecule has 0 amide bonds. The molecule has 0 aliphatic heterocycles. The van der Waals surface area contributed by atoms with Gasteiger partial charge in [0.1, 0.15) is 5.76 Å². The zero-order valence-corrected chi connectivity index (χ0v) is 10.3. The van der Waals surface area contributed by atoms with Crippen molar-refractivity contribution in [1.82, 2.24) is 0 Å². The van der Waals surface area contributed by atoms with Crippen LogP contribution in [0.3, 0.4) is 0 Å². The zero-order chi connectivity index (χ0) is 13.1. The third kappa shape index (κ3) is 2.42. The molecule has 0 atom stereocenters. The van der Waals surface area contributed by atoms with Gasteiger partial charge in [-0.2, -0.15) is 0 Å². The molecule has 4 nitrogen and oxygen atoms in total. The maximum Gasteiger partial charge on any atom is 0.365 e. The molecule has 1 heterocycles. The minimum atomic E-state index is -0.441. The van der Waals surface area contributed by atoms with Gasteiger partial charge in [0, 0.05) is 12.0 Å². The first-order valence-electron chi connectivity index (χ1n) is 6.24. The second-order valence-corrected chi connectivity index (χ2v) is 4.39. The predicted octanol–water partition coefficient (Wildman–Crippen LogP) is 3.18. The summed E-state index contributed by atoms with van der Waals surface area (Å²) in [5.41, 5.74) is 2.22. The van der Waals surface area contributed by atoms with Crippen molar-refractivity contribution >= 4 is 11.7 Å². The predicted molar refractivity (Wildman–Crippen MR) is 70.0 cm³/mol. The lowest BCUT2D eigenvalue weighted by molar-refractivity contribution is 0.0515. The van der Waals surface area contributed by atoms with E-state index in [9.17, 15) is 4.79 Å². The quantitative estimate of drug-likeness (QED) is 0.611. The van der Waals surface area contributed by atoms with Crippen molar-refractivity contribution in [1.29, 1.82) is 0 Å². The van der Waals surface area contributed by atoms with Crippen LogP contribution in [-0.4, -0.2) is 11.7 Å². The van der Waals surface area contributed by atoms with Gasteiger partial charge in [-0.3, -0.25) is 0 Å². The smallest absolute Gasteiger partial charge is 0.365 e. The van der Waals surface area contributed by atoms with Gasteiger partial charge in [-0.05, 0) is 31.0 Å². The van der Waals surface area contributed by atoms with E-state index >= 15 is 0 Å². The Morgan fingerprint density at radius 1 is 1.16 bits per heavy atom. The number of carbonyl (C=O) groups is 1. The molecule has 3 rings (SSSR count). The van der Waals surface area contributed by atoms with Crippen LogP contribution in [0.1, 0.15) is 34.5 Å². The highest BCUT2D eigenvalue weighted by Gasteiger charge is 2.19. The van der Waals surface area contributed by atoms with E-state index in [2.05, 4.69) is 5.16 Å². The zero-order valence-electron chi connectivity index (χ0n) is 10.3. The summed E-state index contributed by atoms with van der Waals surface area (Å²) in [5.74, 6) is 0.476. The van der Waals surface area contributed by atoms with Crippen LogP contribution in [0.5, 0.6) is 0 Å². The highest BCUT2D eigenvalue weighted by atomic mass is 16.7. The van der Waals surface area contributed by atoms with E-state index in [0.29, 0.717) is 5.56 Å². The lowest BCUT2D eigenvalue weighted by Gasteiger charge is -2.11. The Kier molecular flexibility index (Phi) is 3.14. The van der Waals surface area contributed by atoms with Crippen LogP contribution in [0.4, 0.5) is 0 Å². The number of rotatable bonds is 2. The largest absolute Gasteiger partial charge is 0.469 e. The Morgan fingerprint density at radius 3 is 2.84 bits per heavy atom. The summed E-state index contributed by atoms with van der Waals surface area (Å²) in [7, 11) is 0. The molecule has 1 aromatic carbocycles. The summed E-state index contributed by atoms with van der Waals surface area (Å²) in [6.07, 6.45) is 4.31. The molecule has 0 spiro atoms. The van der Waals surface area contributed by atoms with Gasteiger partial charge in [0.2, 0.25) is 0 Å². The number of oxime groups is 1. The number of carbonyl (C=O) groups excluding carboxylic acids is 1. The number of nitrogens with zero attached hydrogens (tertiary/aromatic N) is 1. The minimum absolute atomic E-state index is 0.441. The normalized spacial score (nSPS) is 16.1. The summed E-state index contributed by atoms with van der Waals surface area (Å²) in [6.45, 7) is 0. The van der Waals surface area contributed by atoms with Crippen molar-refractivity contribution in [3.63, 3.8) is 0 Å². The van der Waals surface area contributed by atoms with Crippen molar-refractivity contribution in [3.05, 3.63) is 59.5 Å². The van der Waals surface area contributed by atoms with E-state index in [1.54, 1.807) is 30.5 Å². The van der Waals surface area contributed by atoms with Gasteiger partial charge >= 0.3 is 5.97 Å². The molecule has 96 valence electrons. The monoisotopic (exact) mass is 255 g/mol. The Hall–Kier alpha value is -2.36. The van der Waals surface area contributed by atoms with Crippen molar-refractivity contribution in [2.45, 2.75) is 19.3 Å². The van der Waals surface area contributed by atoms with Gasteiger partial charge in [0.15, 0.2) is 0 Å². The van der Waals surface area contributed by atoms with Crippen molar-refractivity contribution < 1.29 is 14.0 Å². The van der Waals surface area contributed by atoms with Crippen LogP contribution < -0.4 is 0 Å². The van der Waals surface area contributed by atoms with Gasteiger partial charge < -0.3 is 9.25 Å². The number of furan rings is 1. The third-order valence-electron chi connectivity index (χ3n) is 3.12. The molecule has 0 N–H and O–H groups in total. The molecule has 0 saturated heterocycles. The van der Waals surface area contributed by atoms with Crippen molar-refractivity contribution in [2.24, 2.45) is 5.16 Å². The van der Waals surface area contributed by atoms with Gasteiger partial charge in [-0.15, -0.1) is 0 Å². The molecule has 1 aromatic heterocycles. The standard InChI is InChI=1S/C15H13NO3/c17-15(11-5-2-1-3-6-11)19-16-13-7-4-8-14-12(13)9-10-18-14/h1-3,5-6,9-10H,4,7-8H2/b16-13+. The fraction of sp³-hybridized carbons (Fsp3) is 0.200. The van der Waals surface area contributed by atoms with E-state index in [-0.39, 0.29) is 0 Å². The molecule has 0 radical (unpaired) electrons. The molecular weight excluding hydrogens is 242 g/mol. The molecule has 0 unspecified atom stereocenters. The highest BCUT2D eigenvalue weighted by Crippen LogP contribution is 2.22. The molecule has 4 heteroatoms. The van der Waals surface area contributed by atoms with E-state index in [0.717, 1.165) is 36.3 Å². The number of hydrogen-bond acceptors (Lipinski definition) is 4. The molecule has 1 aliphatic carbocycles.